The normalized spacial score (nSPS) is 12.8. The number of nitrogens with zero attached hydrogens (tertiary/aromatic N) is 2. The first-order valence-electron chi connectivity index (χ1n) is 18.8. The van der Waals surface area contributed by atoms with Crippen molar-refractivity contribution in [2.45, 2.75) is 0 Å². The molecule has 0 saturated heterocycles. The molecular weight excluding hydrogens is 671 g/mol. The largest absolute Gasteiger partial charge is 0.458 e. The van der Waals surface area contributed by atoms with Gasteiger partial charge in [-0.1, -0.05) is 103 Å². The maximum atomic E-state index is 6.93. The highest BCUT2D eigenvalue weighted by atomic mass is 16.5. The van der Waals surface area contributed by atoms with E-state index in [1.54, 1.807) is 0 Å². The van der Waals surface area contributed by atoms with E-state index in [4.69, 9.17) is 9.15 Å². The smallest absolute Gasteiger partial charge is 0.257 e. The van der Waals surface area contributed by atoms with Gasteiger partial charge in [0.05, 0.1) is 0 Å². The zero-order valence-electron chi connectivity index (χ0n) is 29.7. The molecule has 256 valence electrons. The SMILES string of the molecule is c1ccc(N(c2ccccc2)c2ccc3c(c2)oc2cc4c(cc23)Oc2cccc3c2B4c2c(ccc4ccccc24)N3c2ccc3ccccc3c2)cc1. The molecule has 0 fully saturated rings. The van der Waals surface area contributed by atoms with Crippen molar-refractivity contribution < 1.29 is 9.15 Å². The molecule has 0 N–H and O–H groups in total. The van der Waals surface area contributed by atoms with Crippen LogP contribution in [0.25, 0.3) is 43.5 Å². The lowest BCUT2D eigenvalue weighted by molar-refractivity contribution is 0.488. The van der Waals surface area contributed by atoms with Gasteiger partial charge in [0, 0.05) is 51.0 Å². The highest BCUT2D eigenvalue weighted by molar-refractivity contribution is 7.00. The van der Waals surface area contributed by atoms with E-state index in [9.17, 15) is 0 Å². The molecule has 0 bridgehead atoms. The molecule has 2 aliphatic heterocycles. The van der Waals surface area contributed by atoms with Gasteiger partial charge in [-0.05, 0) is 117 Å². The monoisotopic (exact) mass is 702 g/mol. The maximum absolute atomic E-state index is 6.93. The average Bonchev–Trinajstić information content (AvgIpc) is 3.60. The predicted molar refractivity (Wildman–Crippen MR) is 229 cm³/mol. The molecule has 4 nitrogen and oxygen atoms in total. The number of para-hydroxylation sites is 2. The van der Waals surface area contributed by atoms with Gasteiger partial charge >= 0.3 is 0 Å². The Morgan fingerprint density at radius 1 is 0.418 bits per heavy atom. The molecule has 55 heavy (non-hydrogen) atoms. The summed E-state index contributed by atoms with van der Waals surface area (Å²) in [6.45, 7) is -0.0624. The molecule has 0 unspecified atom stereocenters. The van der Waals surface area contributed by atoms with Gasteiger partial charge in [0.2, 0.25) is 0 Å². The van der Waals surface area contributed by atoms with E-state index in [1.807, 2.05) is 0 Å². The van der Waals surface area contributed by atoms with E-state index < -0.39 is 0 Å². The Hall–Kier alpha value is -7.24. The number of furan rings is 1. The zero-order valence-corrected chi connectivity index (χ0v) is 29.7. The number of anilines is 6. The first kappa shape index (κ1) is 30.2. The van der Waals surface area contributed by atoms with Crippen molar-refractivity contribution >= 4 is 101 Å². The summed E-state index contributed by atoms with van der Waals surface area (Å²) in [7, 11) is 0. The summed E-state index contributed by atoms with van der Waals surface area (Å²) in [5.41, 5.74) is 11.9. The fraction of sp³-hybridized carbons (Fsp3) is 0. The lowest BCUT2D eigenvalue weighted by Crippen LogP contribution is -2.59. The van der Waals surface area contributed by atoms with Gasteiger partial charge in [0.25, 0.3) is 6.71 Å². The molecule has 0 radical (unpaired) electrons. The van der Waals surface area contributed by atoms with Crippen LogP contribution >= 0.6 is 0 Å². The second-order valence-electron chi connectivity index (χ2n) is 14.5. The van der Waals surface area contributed by atoms with E-state index in [2.05, 4.69) is 198 Å². The van der Waals surface area contributed by atoms with Gasteiger partial charge in [0.1, 0.15) is 22.7 Å². The second kappa shape index (κ2) is 11.6. The van der Waals surface area contributed by atoms with E-state index in [0.29, 0.717) is 0 Å². The van der Waals surface area contributed by atoms with Crippen LogP contribution in [0.2, 0.25) is 0 Å². The molecule has 2 aliphatic rings. The van der Waals surface area contributed by atoms with E-state index >= 15 is 0 Å². The van der Waals surface area contributed by atoms with Crippen LogP contribution in [0.15, 0.2) is 192 Å². The van der Waals surface area contributed by atoms with Crippen molar-refractivity contribution in [1.29, 1.82) is 0 Å². The highest BCUT2D eigenvalue weighted by Crippen LogP contribution is 2.44. The maximum Gasteiger partial charge on any atom is 0.257 e. The van der Waals surface area contributed by atoms with Crippen LogP contribution in [0.1, 0.15) is 0 Å². The minimum Gasteiger partial charge on any atom is -0.458 e. The third-order valence-corrected chi connectivity index (χ3v) is 11.4. The summed E-state index contributed by atoms with van der Waals surface area (Å²) in [4.78, 5) is 4.69. The van der Waals surface area contributed by atoms with Crippen LogP contribution < -0.4 is 30.9 Å². The van der Waals surface area contributed by atoms with Crippen molar-refractivity contribution in [1.82, 2.24) is 0 Å². The average molecular weight is 703 g/mol. The van der Waals surface area contributed by atoms with Crippen molar-refractivity contribution in [2.75, 3.05) is 9.80 Å². The van der Waals surface area contributed by atoms with Gasteiger partial charge in [0.15, 0.2) is 0 Å². The first-order valence-corrected chi connectivity index (χ1v) is 18.8. The second-order valence-corrected chi connectivity index (χ2v) is 14.5. The van der Waals surface area contributed by atoms with E-state index in [0.717, 1.165) is 67.3 Å². The number of benzene rings is 9. The zero-order chi connectivity index (χ0) is 36.0. The summed E-state index contributed by atoms with van der Waals surface area (Å²) in [5.74, 6) is 1.75. The third-order valence-electron chi connectivity index (χ3n) is 11.4. The van der Waals surface area contributed by atoms with E-state index in [-0.39, 0.29) is 6.71 Å². The van der Waals surface area contributed by atoms with Crippen molar-refractivity contribution in [3.8, 4) is 11.5 Å². The van der Waals surface area contributed by atoms with Gasteiger partial charge < -0.3 is 19.0 Å². The summed E-state index contributed by atoms with van der Waals surface area (Å²) in [6, 6.07) is 67.0. The molecule has 3 heterocycles. The van der Waals surface area contributed by atoms with Crippen LogP contribution in [0, 0.1) is 0 Å². The summed E-state index contributed by atoms with van der Waals surface area (Å²) < 4.78 is 13.8. The molecule has 9 aromatic carbocycles. The summed E-state index contributed by atoms with van der Waals surface area (Å²) >= 11 is 0. The quantitative estimate of drug-likeness (QED) is 0.171. The summed E-state index contributed by atoms with van der Waals surface area (Å²) in [5, 5.41) is 6.98. The Morgan fingerprint density at radius 2 is 1.11 bits per heavy atom. The molecule has 0 amide bonds. The van der Waals surface area contributed by atoms with Crippen LogP contribution in [0.4, 0.5) is 34.1 Å². The number of hydrogen-bond acceptors (Lipinski definition) is 4. The topological polar surface area (TPSA) is 28.9 Å². The molecule has 0 spiro atoms. The van der Waals surface area contributed by atoms with Gasteiger partial charge in [-0.3, -0.25) is 0 Å². The molecular formula is C50H31BN2O2. The standard InChI is InChI=1S/C50H31BN2O2/c1-3-15-35(16-4-1)52(36-17-5-2-6-18-36)38-25-26-40-41-30-48-42(31-47(41)55-46(40)29-38)51-49-39-19-10-9-13-33(39)23-27-44(49)53(43-20-11-21-45(54-48)50(43)51)37-24-22-32-12-7-8-14-34(32)28-37/h1-31H. The Balaban J connectivity index is 1.07. The molecule has 10 aromatic rings. The van der Waals surface area contributed by atoms with Gasteiger partial charge in [-0.25, -0.2) is 0 Å². The van der Waals surface area contributed by atoms with Crippen molar-refractivity contribution in [3.05, 3.63) is 188 Å². The fourth-order valence-corrected chi connectivity index (χ4v) is 9.05. The van der Waals surface area contributed by atoms with Gasteiger partial charge in [-0.15, -0.1) is 0 Å². The third kappa shape index (κ3) is 4.53. The Bertz CT molecular complexity index is 3120. The number of ether oxygens (including phenoxy) is 1. The molecule has 0 saturated carbocycles. The minimum atomic E-state index is -0.0624. The molecule has 12 rings (SSSR count). The van der Waals surface area contributed by atoms with Crippen molar-refractivity contribution in [3.63, 3.8) is 0 Å². The predicted octanol–water partition coefficient (Wildman–Crippen LogP) is 11.8. The van der Waals surface area contributed by atoms with Crippen LogP contribution in [-0.4, -0.2) is 6.71 Å². The van der Waals surface area contributed by atoms with Crippen molar-refractivity contribution in [2.24, 2.45) is 0 Å². The molecule has 5 heteroatoms. The minimum absolute atomic E-state index is 0.0624. The van der Waals surface area contributed by atoms with Gasteiger partial charge in [-0.2, -0.15) is 0 Å². The summed E-state index contributed by atoms with van der Waals surface area (Å²) in [6.07, 6.45) is 0. The number of fused-ring (bicyclic) bond motifs is 10. The van der Waals surface area contributed by atoms with Crippen LogP contribution in [0.3, 0.4) is 0 Å². The highest BCUT2D eigenvalue weighted by Gasteiger charge is 2.43. The Kier molecular flexibility index (Phi) is 6.40. The Morgan fingerprint density at radius 3 is 1.93 bits per heavy atom. The number of rotatable bonds is 4. The molecule has 0 atom stereocenters. The number of hydrogen-bond donors (Lipinski definition) is 0. The first-order chi connectivity index (χ1) is 27.3. The fourth-order valence-electron chi connectivity index (χ4n) is 9.05. The van der Waals surface area contributed by atoms with E-state index in [1.165, 1.54) is 38.2 Å². The van der Waals surface area contributed by atoms with Crippen LogP contribution in [-0.2, 0) is 0 Å². The molecule has 0 aliphatic carbocycles. The lowest BCUT2D eigenvalue weighted by atomic mass is 9.33. The van der Waals surface area contributed by atoms with Crippen LogP contribution in [0.5, 0.6) is 11.5 Å². The molecule has 1 aromatic heterocycles. The Labute approximate surface area is 318 Å². The lowest BCUT2D eigenvalue weighted by Gasteiger charge is -2.40.